The van der Waals surface area contributed by atoms with Gasteiger partial charge >= 0.3 is 0 Å². The van der Waals surface area contributed by atoms with Crippen molar-refractivity contribution in [3.8, 4) is 0 Å². The summed E-state index contributed by atoms with van der Waals surface area (Å²) in [5.41, 5.74) is 1.44. The van der Waals surface area contributed by atoms with Gasteiger partial charge in [0.25, 0.3) is 0 Å². The normalized spacial score (nSPS) is 33.9. The Labute approximate surface area is 114 Å². The van der Waals surface area contributed by atoms with Crippen LogP contribution in [0.2, 0.25) is 0 Å². The summed E-state index contributed by atoms with van der Waals surface area (Å²) in [6.45, 7) is 2.29. The minimum absolute atomic E-state index is 0.0492. The number of rotatable bonds is 3. The molecule has 1 aromatic rings. The quantitative estimate of drug-likeness (QED) is 0.906. The molecule has 1 saturated heterocycles. The molecular weight excluding hydrogens is 242 g/mol. The molecule has 3 atom stereocenters. The third-order valence-corrected chi connectivity index (χ3v) is 5.39. The van der Waals surface area contributed by atoms with Crippen LogP contribution in [0.1, 0.15) is 44.1 Å². The average molecular weight is 265 g/mol. The molecule has 0 spiro atoms. The Morgan fingerprint density at radius 2 is 2.11 bits per heavy atom. The van der Waals surface area contributed by atoms with Gasteiger partial charge in [0, 0.05) is 18.5 Å². The second-order valence-corrected chi connectivity index (χ2v) is 6.61. The minimum Gasteiger partial charge on any atom is -0.393 e. The number of thiophene rings is 1. The molecule has 1 aliphatic heterocycles. The van der Waals surface area contributed by atoms with Gasteiger partial charge in [-0.05, 0) is 54.6 Å². The van der Waals surface area contributed by atoms with Crippen molar-refractivity contribution in [2.24, 2.45) is 5.92 Å². The average Bonchev–Trinajstić information content (AvgIpc) is 3.02. The highest BCUT2D eigenvalue weighted by molar-refractivity contribution is 7.07. The number of hydrogen-bond acceptors (Lipinski definition) is 3. The molecule has 2 aliphatic rings. The summed E-state index contributed by atoms with van der Waals surface area (Å²) < 4.78 is 0. The molecule has 3 unspecified atom stereocenters. The number of nitrogens with zero attached hydrogens (tertiary/aromatic N) is 1. The number of aliphatic hydroxyl groups is 1. The van der Waals surface area contributed by atoms with E-state index < -0.39 is 0 Å². The van der Waals surface area contributed by atoms with Crippen LogP contribution in [-0.4, -0.2) is 28.7 Å². The van der Waals surface area contributed by atoms with Crippen molar-refractivity contribution in [1.29, 1.82) is 0 Å². The molecule has 2 heterocycles. The SMILES string of the molecule is OC1CCCCC1C1CCCN1Cc1ccsc1. The van der Waals surface area contributed by atoms with E-state index in [-0.39, 0.29) is 6.10 Å². The lowest BCUT2D eigenvalue weighted by Gasteiger charge is -2.37. The van der Waals surface area contributed by atoms with Crippen LogP contribution in [0.25, 0.3) is 0 Å². The standard InChI is InChI=1S/C15H23NOS/c17-15-6-2-1-4-13(15)14-5-3-8-16(14)10-12-7-9-18-11-12/h7,9,11,13-15,17H,1-6,8,10H2. The second kappa shape index (κ2) is 5.72. The highest BCUT2D eigenvalue weighted by Crippen LogP contribution is 2.35. The molecule has 0 amide bonds. The smallest absolute Gasteiger partial charge is 0.0583 e. The molecule has 0 aromatic carbocycles. The molecule has 1 saturated carbocycles. The fourth-order valence-electron chi connectivity index (χ4n) is 3.74. The van der Waals surface area contributed by atoms with Gasteiger partial charge in [0.1, 0.15) is 0 Å². The topological polar surface area (TPSA) is 23.5 Å². The van der Waals surface area contributed by atoms with E-state index in [2.05, 4.69) is 21.7 Å². The van der Waals surface area contributed by atoms with E-state index in [1.807, 2.05) is 0 Å². The third kappa shape index (κ3) is 2.63. The minimum atomic E-state index is -0.0492. The summed E-state index contributed by atoms with van der Waals surface area (Å²) in [5.74, 6) is 0.528. The molecule has 1 N–H and O–H groups in total. The fourth-order valence-corrected chi connectivity index (χ4v) is 4.40. The number of likely N-dealkylation sites (tertiary alicyclic amines) is 1. The van der Waals surface area contributed by atoms with E-state index in [0.717, 1.165) is 13.0 Å². The van der Waals surface area contributed by atoms with E-state index in [1.54, 1.807) is 11.3 Å². The van der Waals surface area contributed by atoms with Crippen LogP contribution < -0.4 is 0 Å². The third-order valence-electron chi connectivity index (χ3n) is 4.66. The molecule has 1 aliphatic carbocycles. The summed E-state index contributed by atoms with van der Waals surface area (Å²) in [6.07, 6.45) is 7.31. The van der Waals surface area contributed by atoms with Gasteiger partial charge in [-0.25, -0.2) is 0 Å². The molecule has 18 heavy (non-hydrogen) atoms. The number of hydrogen-bond donors (Lipinski definition) is 1. The van der Waals surface area contributed by atoms with Crippen LogP contribution >= 0.6 is 11.3 Å². The fraction of sp³-hybridized carbons (Fsp3) is 0.733. The summed E-state index contributed by atoms with van der Waals surface area (Å²) in [5, 5.41) is 14.7. The number of aliphatic hydroxyl groups excluding tert-OH is 1. The van der Waals surface area contributed by atoms with Crippen molar-refractivity contribution in [2.75, 3.05) is 6.54 Å². The van der Waals surface area contributed by atoms with Gasteiger partial charge in [0.2, 0.25) is 0 Å². The van der Waals surface area contributed by atoms with Crippen molar-refractivity contribution in [2.45, 2.75) is 57.2 Å². The van der Waals surface area contributed by atoms with Crippen LogP contribution in [0.15, 0.2) is 16.8 Å². The van der Waals surface area contributed by atoms with Crippen LogP contribution in [0.3, 0.4) is 0 Å². The highest BCUT2D eigenvalue weighted by Gasteiger charge is 2.36. The zero-order chi connectivity index (χ0) is 12.4. The van der Waals surface area contributed by atoms with Crippen LogP contribution in [-0.2, 0) is 6.54 Å². The first-order chi connectivity index (χ1) is 8.84. The van der Waals surface area contributed by atoms with Gasteiger partial charge in [0.05, 0.1) is 6.10 Å². The van der Waals surface area contributed by atoms with Gasteiger partial charge < -0.3 is 5.11 Å². The molecule has 2 nitrogen and oxygen atoms in total. The van der Waals surface area contributed by atoms with Gasteiger partial charge in [-0.15, -0.1) is 0 Å². The summed E-state index contributed by atoms with van der Waals surface area (Å²) >= 11 is 1.78. The monoisotopic (exact) mass is 265 g/mol. The predicted molar refractivity (Wildman–Crippen MR) is 75.7 cm³/mol. The lowest BCUT2D eigenvalue weighted by Crippen LogP contribution is -2.42. The molecule has 3 rings (SSSR count). The summed E-state index contributed by atoms with van der Waals surface area (Å²) in [7, 11) is 0. The van der Waals surface area contributed by atoms with Crippen molar-refractivity contribution in [1.82, 2.24) is 4.90 Å². The maximum atomic E-state index is 10.2. The lowest BCUT2D eigenvalue weighted by atomic mass is 9.80. The van der Waals surface area contributed by atoms with Crippen molar-refractivity contribution in [3.63, 3.8) is 0 Å². The van der Waals surface area contributed by atoms with Gasteiger partial charge in [-0.2, -0.15) is 11.3 Å². The largest absolute Gasteiger partial charge is 0.393 e. The van der Waals surface area contributed by atoms with E-state index in [1.165, 1.54) is 44.2 Å². The Balaban J connectivity index is 1.66. The first-order valence-corrected chi connectivity index (χ1v) is 8.22. The van der Waals surface area contributed by atoms with Gasteiger partial charge in [-0.3, -0.25) is 4.90 Å². The van der Waals surface area contributed by atoms with E-state index in [9.17, 15) is 5.11 Å². The molecule has 2 fully saturated rings. The molecule has 100 valence electrons. The molecule has 0 bridgehead atoms. The zero-order valence-electron chi connectivity index (χ0n) is 10.9. The molecule has 3 heteroatoms. The Morgan fingerprint density at radius 1 is 1.22 bits per heavy atom. The Hall–Kier alpha value is -0.380. The van der Waals surface area contributed by atoms with Gasteiger partial charge in [0.15, 0.2) is 0 Å². The maximum absolute atomic E-state index is 10.2. The Kier molecular flexibility index (Phi) is 4.02. The van der Waals surface area contributed by atoms with E-state index >= 15 is 0 Å². The van der Waals surface area contributed by atoms with Crippen LogP contribution in [0.4, 0.5) is 0 Å². The van der Waals surface area contributed by atoms with Crippen LogP contribution in [0.5, 0.6) is 0 Å². The van der Waals surface area contributed by atoms with Crippen molar-refractivity contribution >= 4 is 11.3 Å². The van der Waals surface area contributed by atoms with Crippen molar-refractivity contribution < 1.29 is 5.11 Å². The van der Waals surface area contributed by atoms with Crippen LogP contribution in [0, 0.1) is 5.92 Å². The Morgan fingerprint density at radius 3 is 2.89 bits per heavy atom. The summed E-state index contributed by atoms with van der Waals surface area (Å²) in [6, 6.07) is 2.86. The van der Waals surface area contributed by atoms with Crippen molar-refractivity contribution in [3.05, 3.63) is 22.4 Å². The van der Waals surface area contributed by atoms with Gasteiger partial charge in [-0.1, -0.05) is 12.8 Å². The van der Waals surface area contributed by atoms with E-state index in [4.69, 9.17) is 0 Å². The highest BCUT2D eigenvalue weighted by atomic mass is 32.1. The predicted octanol–water partition coefficient (Wildman–Crippen LogP) is 3.26. The summed E-state index contributed by atoms with van der Waals surface area (Å²) in [4.78, 5) is 2.61. The Bertz CT molecular complexity index is 365. The molecule has 0 radical (unpaired) electrons. The molecule has 1 aromatic heterocycles. The van der Waals surface area contributed by atoms with E-state index in [0.29, 0.717) is 12.0 Å². The second-order valence-electron chi connectivity index (χ2n) is 5.83. The maximum Gasteiger partial charge on any atom is 0.0583 e. The molecular formula is C15H23NOS. The first-order valence-electron chi connectivity index (χ1n) is 7.28. The first kappa shape index (κ1) is 12.6. The lowest BCUT2D eigenvalue weighted by molar-refractivity contribution is 0.0202. The zero-order valence-corrected chi connectivity index (χ0v) is 11.7.